The summed E-state index contributed by atoms with van der Waals surface area (Å²) in [5.41, 5.74) is 8.51. The van der Waals surface area contributed by atoms with Crippen molar-refractivity contribution in [3.8, 4) is 11.5 Å². The zero-order chi connectivity index (χ0) is 17.0. The highest BCUT2D eigenvalue weighted by Crippen LogP contribution is 2.47. The molecular formula is C20H19NO4. The highest BCUT2D eigenvalue weighted by molar-refractivity contribution is 5.94. The molecule has 128 valence electrons. The van der Waals surface area contributed by atoms with Crippen molar-refractivity contribution < 1.29 is 19.0 Å². The predicted octanol–water partition coefficient (Wildman–Crippen LogP) is 3.32. The van der Waals surface area contributed by atoms with Gasteiger partial charge in [-0.1, -0.05) is 24.3 Å². The standard InChI is InChI=1S/C20H19NO4/c21-13-4-3-9-20(11-13)24-16-8-7-12(10-17(16)25-20)18-14-5-1-2-6-15(14)19(22)23-18/h1-2,5-8,10,13,18H,3-4,9,11,21H2. The Morgan fingerprint density at radius 1 is 1.08 bits per heavy atom. The largest absolute Gasteiger partial charge is 0.449 e. The normalized spacial score (nSPS) is 29.6. The number of esters is 1. The summed E-state index contributed by atoms with van der Waals surface area (Å²) in [7, 11) is 0. The van der Waals surface area contributed by atoms with Crippen LogP contribution in [0.5, 0.6) is 11.5 Å². The molecule has 1 aliphatic carbocycles. The monoisotopic (exact) mass is 337 g/mol. The van der Waals surface area contributed by atoms with Crippen molar-refractivity contribution in [3.63, 3.8) is 0 Å². The Balaban J connectivity index is 1.47. The van der Waals surface area contributed by atoms with E-state index in [-0.39, 0.29) is 12.0 Å². The minimum absolute atomic E-state index is 0.102. The van der Waals surface area contributed by atoms with E-state index in [1.54, 1.807) is 6.07 Å². The molecule has 1 spiro atoms. The van der Waals surface area contributed by atoms with Crippen LogP contribution in [0.3, 0.4) is 0 Å². The van der Waals surface area contributed by atoms with Crippen LogP contribution in [-0.4, -0.2) is 17.8 Å². The third-order valence-corrected chi connectivity index (χ3v) is 5.26. The number of hydrogen-bond donors (Lipinski definition) is 1. The van der Waals surface area contributed by atoms with Gasteiger partial charge in [0.2, 0.25) is 0 Å². The fourth-order valence-corrected chi connectivity index (χ4v) is 4.09. The number of benzene rings is 2. The van der Waals surface area contributed by atoms with Gasteiger partial charge in [-0.2, -0.15) is 0 Å². The van der Waals surface area contributed by atoms with Gasteiger partial charge >= 0.3 is 5.97 Å². The number of ether oxygens (including phenoxy) is 3. The van der Waals surface area contributed by atoms with E-state index in [0.717, 1.165) is 36.1 Å². The zero-order valence-electron chi connectivity index (χ0n) is 13.7. The molecule has 2 aliphatic heterocycles. The molecule has 0 radical (unpaired) electrons. The van der Waals surface area contributed by atoms with E-state index in [0.29, 0.717) is 17.7 Å². The van der Waals surface area contributed by atoms with E-state index in [4.69, 9.17) is 19.9 Å². The van der Waals surface area contributed by atoms with Crippen LogP contribution in [0.1, 0.15) is 53.3 Å². The molecule has 5 nitrogen and oxygen atoms in total. The van der Waals surface area contributed by atoms with Crippen molar-refractivity contribution in [2.75, 3.05) is 0 Å². The van der Waals surface area contributed by atoms with Crippen LogP contribution >= 0.6 is 0 Å². The van der Waals surface area contributed by atoms with E-state index in [1.807, 2.05) is 36.4 Å². The minimum Gasteiger partial charge on any atom is -0.449 e. The molecule has 25 heavy (non-hydrogen) atoms. The average molecular weight is 337 g/mol. The van der Waals surface area contributed by atoms with Gasteiger partial charge in [-0.3, -0.25) is 0 Å². The van der Waals surface area contributed by atoms with Gasteiger partial charge in [0.25, 0.3) is 5.79 Å². The van der Waals surface area contributed by atoms with Crippen LogP contribution in [0.15, 0.2) is 42.5 Å². The molecule has 0 bridgehead atoms. The number of cyclic esters (lactones) is 1. The first-order chi connectivity index (χ1) is 12.1. The quantitative estimate of drug-likeness (QED) is 0.808. The molecule has 0 aromatic heterocycles. The first kappa shape index (κ1) is 14.8. The molecule has 2 aromatic rings. The minimum atomic E-state index is -0.636. The molecule has 5 rings (SSSR count). The van der Waals surface area contributed by atoms with Gasteiger partial charge in [-0.15, -0.1) is 0 Å². The molecular weight excluding hydrogens is 318 g/mol. The third kappa shape index (κ3) is 2.30. The van der Waals surface area contributed by atoms with E-state index in [2.05, 4.69) is 0 Å². The summed E-state index contributed by atoms with van der Waals surface area (Å²) in [5.74, 6) is 0.513. The Labute approximate surface area is 145 Å². The predicted molar refractivity (Wildman–Crippen MR) is 90.6 cm³/mol. The maximum Gasteiger partial charge on any atom is 0.339 e. The second kappa shape index (κ2) is 5.23. The summed E-state index contributed by atoms with van der Waals surface area (Å²) < 4.78 is 17.9. The number of rotatable bonds is 1. The lowest BCUT2D eigenvalue weighted by atomic mass is 9.90. The van der Waals surface area contributed by atoms with Crippen molar-refractivity contribution in [3.05, 3.63) is 59.2 Å². The number of carbonyl (C=O) groups is 1. The maximum absolute atomic E-state index is 12.1. The SMILES string of the molecule is NC1CCCC2(C1)Oc1ccc(C3OC(=O)c4ccccc43)cc1O2. The average Bonchev–Trinajstić information content (AvgIpc) is 3.12. The van der Waals surface area contributed by atoms with Crippen molar-refractivity contribution in [1.82, 2.24) is 0 Å². The molecule has 2 aromatic carbocycles. The van der Waals surface area contributed by atoms with Gasteiger partial charge in [0.1, 0.15) is 0 Å². The molecule has 1 saturated carbocycles. The Morgan fingerprint density at radius 2 is 1.92 bits per heavy atom. The smallest absolute Gasteiger partial charge is 0.339 e. The summed E-state index contributed by atoms with van der Waals surface area (Å²) in [6.45, 7) is 0. The number of carbonyl (C=O) groups excluding carboxylic acids is 1. The lowest BCUT2D eigenvalue weighted by molar-refractivity contribution is -0.109. The highest BCUT2D eigenvalue weighted by atomic mass is 16.7. The molecule has 5 heteroatoms. The molecule has 0 amide bonds. The third-order valence-electron chi connectivity index (χ3n) is 5.26. The summed E-state index contributed by atoms with van der Waals surface area (Å²) in [6, 6.07) is 13.3. The van der Waals surface area contributed by atoms with E-state index in [1.165, 1.54) is 0 Å². The summed E-state index contributed by atoms with van der Waals surface area (Å²) >= 11 is 0. The van der Waals surface area contributed by atoms with Crippen LogP contribution in [0.4, 0.5) is 0 Å². The van der Waals surface area contributed by atoms with Gasteiger partial charge in [0.05, 0.1) is 5.56 Å². The van der Waals surface area contributed by atoms with Gasteiger partial charge in [-0.05, 0) is 31.0 Å². The van der Waals surface area contributed by atoms with E-state index in [9.17, 15) is 4.79 Å². The maximum atomic E-state index is 12.1. The Kier molecular flexibility index (Phi) is 3.09. The molecule has 2 heterocycles. The highest BCUT2D eigenvalue weighted by Gasteiger charge is 2.45. The lowest BCUT2D eigenvalue weighted by Crippen LogP contribution is -2.47. The van der Waals surface area contributed by atoms with Gasteiger partial charge in [-0.25, -0.2) is 4.79 Å². The van der Waals surface area contributed by atoms with Crippen LogP contribution < -0.4 is 15.2 Å². The molecule has 0 saturated heterocycles. The lowest BCUT2D eigenvalue weighted by Gasteiger charge is -2.34. The van der Waals surface area contributed by atoms with Crippen molar-refractivity contribution >= 4 is 5.97 Å². The van der Waals surface area contributed by atoms with E-state index < -0.39 is 11.9 Å². The van der Waals surface area contributed by atoms with Crippen LogP contribution in [-0.2, 0) is 4.74 Å². The molecule has 1 fully saturated rings. The zero-order valence-corrected chi connectivity index (χ0v) is 13.7. The second-order valence-electron chi connectivity index (χ2n) is 7.05. The summed E-state index contributed by atoms with van der Waals surface area (Å²) in [5, 5.41) is 0. The van der Waals surface area contributed by atoms with Crippen LogP contribution in [0, 0.1) is 0 Å². The van der Waals surface area contributed by atoms with Crippen molar-refractivity contribution in [1.29, 1.82) is 0 Å². The van der Waals surface area contributed by atoms with Crippen molar-refractivity contribution in [2.24, 2.45) is 5.73 Å². The van der Waals surface area contributed by atoms with Crippen LogP contribution in [0.2, 0.25) is 0 Å². The summed E-state index contributed by atoms with van der Waals surface area (Å²) in [6.07, 6.45) is 3.13. The fourth-order valence-electron chi connectivity index (χ4n) is 4.09. The molecule has 2 N–H and O–H groups in total. The van der Waals surface area contributed by atoms with Gasteiger partial charge in [0, 0.05) is 30.0 Å². The van der Waals surface area contributed by atoms with Gasteiger partial charge in [0.15, 0.2) is 17.6 Å². The second-order valence-corrected chi connectivity index (χ2v) is 7.05. The molecule has 3 unspecified atom stereocenters. The fraction of sp³-hybridized carbons (Fsp3) is 0.350. The number of hydrogen-bond acceptors (Lipinski definition) is 5. The Hall–Kier alpha value is -2.53. The van der Waals surface area contributed by atoms with Crippen LogP contribution in [0.25, 0.3) is 0 Å². The molecule has 3 atom stereocenters. The first-order valence-electron chi connectivity index (χ1n) is 8.71. The van der Waals surface area contributed by atoms with Crippen molar-refractivity contribution in [2.45, 2.75) is 43.6 Å². The summed E-state index contributed by atoms with van der Waals surface area (Å²) in [4.78, 5) is 12.1. The first-order valence-corrected chi connectivity index (χ1v) is 8.71. The van der Waals surface area contributed by atoms with Gasteiger partial charge < -0.3 is 19.9 Å². The Bertz CT molecular complexity index is 865. The topological polar surface area (TPSA) is 70.8 Å². The number of fused-ring (bicyclic) bond motifs is 2. The molecule has 3 aliphatic rings. The number of nitrogens with two attached hydrogens (primary N) is 1. The van der Waals surface area contributed by atoms with E-state index >= 15 is 0 Å². The Morgan fingerprint density at radius 3 is 2.80 bits per heavy atom.